The minimum Gasteiger partial charge on any atom is -0.392 e. The van der Waals surface area contributed by atoms with Crippen LogP contribution in [0.4, 0.5) is 0 Å². The number of aliphatic hydroxyl groups is 2. The fourth-order valence-electron chi connectivity index (χ4n) is 6.15. The van der Waals surface area contributed by atoms with Gasteiger partial charge in [-0.25, -0.2) is 0 Å². The van der Waals surface area contributed by atoms with Gasteiger partial charge in [0, 0.05) is 11.3 Å². The molecule has 0 heterocycles. The van der Waals surface area contributed by atoms with Crippen LogP contribution < -0.4 is 0 Å². The molecule has 3 rings (SSSR count). The summed E-state index contributed by atoms with van der Waals surface area (Å²) in [6.45, 7) is 4.22. The van der Waals surface area contributed by atoms with E-state index in [1.54, 1.807) is 0 Å². The maximum Gasteiger partial charge on any atom is 0.142 e. The molecule has 27 heavy (non-hydrogen) atoms. The monoisotopic (exact) mass is 374 g/mol. The smallest absolute Gasteiger partial charge is 0.142 e. The lowest BCUT2D eigenvalue weighted by Crippen LogP contribution is -2.63. The van der Waals surface area contributed by atoms with Gasteiger partial charge in [0.05, 0.1) is 12.0 Å². The van der Waals surface area contributed by atoms with E-state index >= 15 is 0 Å². The van der Waals surface area contributed by atoms with Crippen molar-refractivity contribution in [1.82, 2.24) is 0 Å². The highest BCUT2D eigenvalue weighted by Crippen LogP contribution is 2.60. The van der Waals surface area contributed by atoms with Crippen molar-refractivity contribution in [3.05, 3.63) is 0 Å². The Balaban J connectivity index is 1.70. The van der Waals surface area contributed by atoms with E-state index in [-0.39, 0.29) is 29.1 Å². The summed E-state index contributed by atoms with van der Waals surface area (Å²) in [6.07, 6.45) is 11.9. The van der Waals surface area contributed by atoms with Gasteiger partial charge in [-0.2, -0.15) is 0 Å². The lowest BCUT2D eigenvalue weighted by Gasteiger charge is -2.59. The highest BCUT2D eigenvalue weighted by molar-refractivity contribution is 5.94. The summed E-state index contributed by atoms with van der Waals surface area (Å²) in [5.74, 6) is 7.07. The normalized spacial score (nSPS) is 37.7. The number of hydrogen-bond donors (Lipinski definition) is 2. The van der Waals surface area contributed by atoms with E-state index in [0.717, 1.165) is 32.1 Å². The third kappa shape index (κ3) is 4.13. The molecule has 3 aliphatic rings. The van der Waals surface area contributed by atoms with Gasteiger partial charge in [-0.1, -0.05) is 70.6 Å². The second-order valence-electron chi connectivity index (χ2n) is 9.41. The highest BCUT2D eigenvalue weighted by atomic mass is 16.3. The van der Waals surface area contributed by atoms with E-state index < -0.39 is 12.2 Å². The number of fused-ring (bicyclic) bond motifs is 1. The van der Waals surface area contributed by atoms with Crippen molar-refractivity contribution < 1.29 is 15.0 Å². The lowest BCUT2D eigenvalue weighted by molar-refractivity contribution is -0.174. The van der Waals surface area contributed by atoms with Crippen LogP contribution in [0.15, 0.2) is 0 Å². The van der Waals surface area contributed by atoms with Crippen LogP contribution in [-0.4, -0.2) is 28.2 Å². The minimum absolute atomic E-state index is 0.00255. The first-order valence-corrected chi connectivity index (χ1v) is 11.4. The van der Waals surface area contributed by atoms with Crippen LogP contribution in [-0.2, 0) is 4.79 Å². The Bertz CT molecular complexity index is 568. The van der Waals surface area contributed by atoms with Crippen molar-refractivity contribution in [2.24, 2.45) is 29.1 Å². The largest absolute Gasteiger partial charge is 0.392 e. The van der Waals surface area contributed by atoms with Crippen LogP contribution in [0.2, 0.25) is 0 Å². The molecule has 3 saturated carbocycles. The van der Waals surface area contributed by atoms with Gasteiger partial charge in [0.1, 0.15) is 11.9 Å². The molecule has 2 N–H and O–H groups in total. The van der Waals surface area contributed by atoms with Crippen molar-refractivity contribution in [2.75, 3.05) is 0 Å². The maximum atomic E-state index is 12.8. The zero-order chi connectivity index (χ0) is 19.4. The molecule has 0 aromatic heterocycles. The van der Waals surface area contributed by atoms with Gasteiger partial charge in [-0.3, -0.25) is 4.79 Å². The van der Waals surface area contributed by atoms with E-state index in [0.29, 0.717) is 12.2 Å². The predicted molar refractivity (Wildman–Crippen MR) is 108 cm³/mol. The molecule has 0 aliphatic heterocycles. The van der Waals surface area contributed by atoms with Gasteiger partial charge < -0.3 is 10.2 Å². The number of ketones is 1. The second-order valence-corrected chi connectivity index (χ2v) is 9.41. The minimum atomic E-state index is -0.579. The van der Waals surface area contributed by atoms with Gasteiger partial charge in [-0.15, -0.1) is 0 Å². The zero-order valence-electron chi connectivity index (χ0n) is 17.3. The molecule has 6 atom stereocenters. The van der Waals surface area contributed by atoms with Crippen molar-refractivity contribution in [3.63, 3.8) is 0 Å². The summed E-state index contributed by atoms with van der Waals surface area (Å²) >= 11 is 0. The lowest BCUT2D eigenvalue weighted by atomic mass is 9.43. The molecule has 0 saturated heterocycles. The Morgan fingerprint density at radius 3 is 2.59 bits per heavy atom. The summed E-state index contributed by atoms with van der Waals surface area (Å²) in [5, 5.41) is 21.2. The standard InChI is InChI=1S/C24H38O3/c1-3-4-5-9-15-24-16-14-21(26)19(22(24)17(2)23(24)27)12-13-20(25)18-10-7-6-8-11-18/h17-22,25-26H,3-11,14-16H2,1-2H3/t17?,19-,20+,21+,22+,24-/m0/s1. The van der Waals surface area contributed by atoms with E-state index in [1.165, 1.54) is 38.5 Å². The molecule has 0 bridgehead atoms. The van der Waals surface area contributed by atoms with Crippen LogP contribution in [0.3, 0.4) is 0 Å². The third-order valence-electron chi connectivity index (χ3n) is 7.74. The number of rotatable bonds is 6. The SMILES string of the molecule is CCCCCC[C@]12CC[C@@H](O)[C@H](C#C[C@@H](O)C3CCCCC3)[C@H]1C(C)C2=O. The average molecular weight is 375 g/mol. The molecule has 0 radical (unpaired) electrons. The number of carbonyl (C=O) groups is 1. The molecular weight excluding hydrogens is 336 g/mol. The van der Waals surface area contributed by atoms with Gasteiger partial charge in [0.2, 0.25) is 0 Å². The number of carbonyl (C=O) groups excluding carboxylic acids is 1. The highest BCUT2D eigenvalue weighted by Gasteiger charge is 2.64. The number of hydrogen-bond acceptors (Lipinski definition) is 3. The second kappa shape index (κ2) is 9.10. The predicted octanol–water partition coefficient (Wildman–Crippen LogP) is 4.49. The van der Waals surface area contributed by atoms with E-state index in [1.807, 2.05) is 6.92 Å². The Labute approximate surface area is 165 Å². The molecule has 0 spiro atoms. The van der Waals surface area contributed by atoms with Crippen molar-refractivity contribution in [2.45, 2.75) is 103 Å². The summed E-state index contributed by atoms with van der Waals surface area (Å²) in [7, 11) is 0. The first-order chi connectivity index (χ1) is 13.0. The van der Waals surface area contributed by atoms with Gasteiger partial charge in [0.15, 0.2) is 0 Å². The Kier molecular flexibility index (Phi) is 7.03. The Morgan fingerprint density at radius 2 is 1.89 bits per heavy atom. The zero-order valence-corrected chi connectivity index (χ0v) is 17.3. The molecule has 3 aliphatic carbocycles. The first kappa shape index (κ1) is 20.9. The summed E-state index contributed by atoms with van der Waals surface area (Å²) < 4.78 is 0. The summed E-state index contributed by atoms with van der Waals surface area (Å²) in [5.41, 5.74) is -0.248. The molecule has 3 fully saturated rings. The molecule has 0 aromatic carbocycles. The summed E-state index contributed by atoms with van der Waals surface area (Å²) in [4.78, 5) is 12.8. The number of aliphatic hydroxyl groups excluding tert-OH is 2. The molecule has 0 amide bonds. The van der Waals surface area contributed by atoms with Crippen molar-refractivity contribution >= 4 is 5.78 Å². The molecule has 0 aromatic rings. The molecule has 152 valence electrons. The number of Topliss-reactive ketones (excluding diaryl/α,β-unsaturated/α-hetero) is 1. The maximum absolute atomic E-state index is 12.8. The molecule has 1 unspecified atom stereocenters. The van der Waals surface area contributed by atoms with Gasteiger partial charge in [0.25, 0.3) is 0 Å². The fourth-order valence-corrected chi connectivity index (χ4v) is 6.15. The Hall–Kier alpha value is -0.850. The van der Waals surface area contributed by atoms with Crippen LogP contribution in [0, 0.1) is 40.9 Å². The topological polar surface area (TPSA) is 57.5 Å². The number of unbranched alkanes of at least 4 members (excludes halogenated alkanes) is 3. The first-order valence-electron chi connectivity index (χ1n) is 11.4. The van der Waals surface area contributed by atoms with Crippen LogP contribution in [0.5, 0.6) is 0 Å². The van der Waals surface area contributed by atoms with Crippen LogP contribution in [0.1, 0.15) is 90.9 Å². The van der Waals surface area contributed by atoms with E-state index in [2.05, 4.69) is 18.8 Å². The average Bonchev–Trinajstić information content (AvgIpc) is 2.70. The van der Waals surface area contributed by atoms with E-state index in [9.17, 15) is 15.0 Å². The van der Waals surface area contributed by atoms with Crippen molar-refractivity contribution in [1.29, 1.82) is 0 Å². The molecule has 3 heteroatoms. The Morgan fingerprint density at radius 1 is 1.15 bits per heavy atom. The van der Waals surface area contributed by atoms with Gasteiger partial charge in [-0.05, 0) is 43.9 Å². The molecule has 3 nitrogen and oxygen atoms in total. The third-order valence-corrected chi connectivity index (χ3v) is 7.74. The fraction of sp³-hybridized carbons (Fsp3) is 0.875. The van der Waals surface area contributed by atoms with Crippen molar-refractivity contribution in [3.8, 4) is 11.8 Å². The quantitative estimate of drug-likeness (QED) is 0.532. The van der Waals surface area contributed by atoms with Crippen LogP contribution >= 0.6 is 0 Å². The van der Waals surface area contributed by atoms with Gasteiger partial charge >= 0.3 is 0 Å². The molecular formula is C24H38O3. The van der Waals surface area contributed by atoms with Crippen LogP contribution in [0.25, 0.3) is 0 Å². The summed E-state index contributed by atoms with van der Waals surface area (Å²) in [6, 6.07) is 0. The van der Waals surface area contributed by atoms with E-state index in [4.69, 9.17) is 0 Å².